The van der Waals surface area contributed by atoms with Gasteiger partial charge in [0.15, 0.2) is 11.6 Å². The van der Waals surface area contributed by atoms with Crippen LogP contribution >= 0.6 is 0 Å². The summed E-state index contributed by atoms with van der Waals surface area (Å²) in [5.74, 6) is 0.0290. The van der Waals surface area contributed by atoms with Crippen LogP contribution in [0.1, 0.15) is 23.7 Å². The fourth-order valence-electron chi connectivity index (χ4n) is 2.40. The third kappa shape index (κ3) is 5.30. The predicted octanol–water partition coefficient (Wildman–Crippen LogP) is 1.17. The molecule has 11 heteroatoms. The number of ketones is 1. The topological polar surface area (TPSA) is 136 Å². The van der Waals surface area contributed by atoms with Crippen molar-refractivity contribution in [1.82, 2.24) is 24.5 Å². The van der Waals surface area contributed by atoms with Gasteiger partial charge in [-0.1, -0.05) is 12.1 Å². The lowest BCUT2D eigenvalue weighted by Crippen LogP contribution is -2.27. The highest BCUT2D eigenvalue weighted by atomic mass is 32.2. The van der Waals surface area contributed by atoms with Crippen molar-refractivity contribution < 1.29 is 18.0 Å². The minimum atomic E-state index is -3.77. The molecule has 0 bridgehead atoms. The van der Waals surface area contributed by atoms with Crippen LogP contribution in [0.15, 0.2) is 60.1 Å². The molecule has 150 valence electrons. The molecule has 0 saturated heterocycles. The second-order valence-electron chi connectivity index (χ2n) is 6.02. The van der Waals surface area contributed by atoms with Crippen molar-refractivity contribution in [2.24, 2.45) is 0 Å². The number of carbonyl (C=O) groups excluding carboxylic acids is 2. The Balaban J connectivity index is 1.50. The summed E-state index contributed by atoms with van der Waals surface area (Å²) >= 11 is 0. The molecule has 10 nitrogen and oxygen atoms in total. The fraction of sp³-hybridized carbons (Fsp3) is 0.167. The van der Waals surface area contributed by atoms with E-state index in [-0.39, 0.29) is 29.6 Å². The summed E-state index contributed by atoms with van der Waals surface area (Å²) in [4.78, 5) is 31.3. The van der Waals surface area contributed by atoms with E-state index in [1.54, 1.807) is 12.1 Å². The standard InChI is InChI=1S/C18H18N6O4S/c1-13(25)14-2-5-16(6-3-14)29(27,28)22-9-8-18(26)23-15-4-7-17(20-10-15)24-12-19-11-21-24/h2-7,10-12,22H,8-9H2,1H3,(H,23,26). The quantitative estimate of drug-likeness (QED) is 0.528. The van der Waals surface area contributed by atoms with Gasteiger partial charge in [-0.3, -0.25) is 9.59 Å². The van der Waals surface area contributed by atoms with Crippen LogP contribution in [0.25, 0.3) is 5.82 Å². The van der Waals surface area contributed by atoms with Crippen LogP contribution in [-0.2, 0) is 14.8 Å². The van der Waals surface area contributed by atoms with Gasteiger partial charge in [-0.25, -0.2) is 27.8 Å². The Labute approximate surface area is 167 Å². The van der Waals surface area contributed by atoms with Crippen molar-refractivity contribution in [3.63, 3.8) is 0 Å². The van der Waals surface area contributed by atoms with Crippen LogP contribution in [0, 0.1) is 0 Å². The monoisotopic (exact) mass is 414 g/mol. The first kappa shape index (κ1) is 20.3. The average molecular weight is 414 g/mol. The average Bonchev–Trinajstić information content (AvgIpc) is 3.23. The highest BCUT2D eigenvalue weighted by Crippen LogP contribution is 2.12. The van der Waals surface area contributed by atoms with E-state index in [4.69, 9.17) is 0 Å². The minimum absolute atomic E-state index is 0.0239. The number of nitrogens with zero attached hydrogens (tertiary/aromatic N) is 4. The van der Waals surface area contributed by atoms with Gasteiger partial charge in [-0.05, 0) is 31.2 Å². The van der Waals surface area contributed by atoms with Gasteiger partial charge in [-0.15, -0.1) is 0 Å². The van der Waals surface area contributed by atoms with E-state index in [1.165, 1.54) is 54.7 Å². The number of hydrogen-bond acceptors (Lipinski definition) is 7. The van der Waals surface area contributed by atoms with Gasteiger partial charge >= 0.3 is 0 Å². The molecule has 2 heterocycles. The van der Waals surface area contributed by atoms with Crippen molar-refractivity contribution in [3.8, 4) is 5.82 Å². The van der Waals surface area contributed by atoms with E-state index in [1.807, 2.05) is 0 Å². The van der Waals surface area contributed by atoms with Crippen LogP contribution in [0.4, 0.5) is 5.69 Å². The van der Waals surface area contributed by atoms with Crippen molar-refractivity contribution in [2.45, 2.75) is 18.2 Å². The van der Waals surface area contributed by atoms with Crippen LogP contribution < -0.4 is 10.0 Å². The summed E-state index contributed by atoms with van der Waals surface area (Å²) in [5.41, 5.74) is 0.897. The SMILES string of the molecule is CC(=O)c1ccc(S(=O)(=O)NCCC(=O)Nc2ccc(-n3cncn3)nc2)cc1. The highest BCUT2D eigenvalue weighted by Gasteiger charge is 2.15. The largest absolute Gasteiger partial charge is 0.325 e. The maximum absolute atomic E-state index is 12.3. The van der Waals surface area contributed by atoms with Crippen molar-refractivity contribution in [1.29, 1.82) is 0 Å². The molecule has 1 aromatic carbocycles. The fourth-order valence-corrected chi connectivity index (χ4v) is 3.43. The van der Waals surface area contributed by atoms with Crippen LogP contribution in [0.2, 0.25) is 0 Å². The number of Topliss-reactive ketones (excluding diaryl/α,β-unsaturated/α-hetero) is 1. The zero-order chi connectivity index (χ0) is 20.9. The Morgan fingerprint density at radius 1 is 1.10 bits per heavy atom. The Morgan fingerprint density at radius 2 is 1.86 bits per heavy atom. The Bertz CT molecular complexity index is 1090. The van der Waals surface area contributed by atoms with Gasteiger partial charge in [0.2, 0.25) is 15.9 Å². The molecule has 2 N–H and O–H groups in total. The Morgan fingerprint density at radius 3 is 2.45 bits per heavy atom. The van der Waals surface area contributed by atoms with E-state index in [0.29, 0.717) is 17.1 Å². The van der Waals surface area contributed by atoms with E-state index in [0.717, 1.165) is 0 Å². The molecule has 3 aromatic rings. The van der Waals surface area contributed by atoms with Crippen molar-refractivity contribution in [3.05, 3.63) is 60.8 Å². The molecule has 3 rings (SSSR count). The molecule has 0 radical (unpaired) electrons. The molecule has 0 fully saturated rings. The molecule has 0 unspecified atom stereocenters. The van der Waals surface area contributed by atoms with Crippen LogP contribution in [-0.4, -0.2) is 46.4 Å². The first-order valence-corrected chi connectivity index (χ1v) is 10.0. The molecule has 2 aromatic heterocycles. The van der Waals surface area contributed by atoms with Crippen LogP contribution in [0.5, 0.6) is 0 Å². The molecular weight excluding hydrogens is 396 g/mol. The molecule has 0 saturated carbocycles. The number of nitrogens with one attached hydrogen (secondary N) is 2. The molecule has 1 amide bonds. The summed E-state index contributed by atoms with van der Waals surface area (Å²) in [6.07, 6.45) is 4.29. The first-order chi connectivity index (χ1) is 13.8. The number of benzene rings is 1. The molecule has 0 spiro atoms. The maximum Gasteiger partial charge on any atom is 0.240 e. The zero-order valence-electron chi connectivity index (χ0n) is 15.4. The number of sulfonamides is 1. The number of carbonyl (C=O) groups is 2. The molecule has 0 aliphatic carbocycles. The molecule has 0 atom stereocenters. The molecular formula is C18H18N6O4S. The highest BCUT2D eigenvalue weighted by molar-refractivity contribution is 7.89. The molecule has 0 aliphatic rings. The van der Waals surface area contributed by atoms with Gasteiger partial charge in [0.05, 0.1) is 16.8 Å². The van der Waals surface area contributed by atoms with E-state index >= 15 is 0 Å². The van der Waals surface area contributed by atoms with Crippen LogP contribution in [0.3, 0.4) is 0 Å². The summed E-state index contributed by atoms with van der Waals surface area (Å²) < 4.78 is 28.3. The molecule has 29 heavy (non-hydrogen) atoms. The van der Waals surface area contributed by atoms with Crippen molar-refractivity contribution >= 4 is 27.4 Å². The maximum atomic E-state index is 12.3. The minimum Gasteiger partial charge on any atom is -0.325 e. The van der Waals surface area contributed by atoms with E-state index < -0.39 is 10.0 Å². The third-order valence-electron chi connectivity index (χ3n) is 3.90. The van der Waals surface area contributed by atoms with E-state index in [2.05, 4.69) is 25.1 Å². The lowest BCUT2D eigenvalue weighted by molar-refractivity contribution is -0.116. The summed E-state index contributed by atoms with van der Waals surface area (Å²) in [5, 5.41) is 6.59. The number of rotatable bonds is 8. The second kappa shape index (κ2) is 8.71. The lowest BCUT2D eigenvalue weighted by atomic mass is 10.2. The predicted molar refractivity (Wildman–Crippen MR) is 104 cm³/mol. The van der Waals surface area contributed by atoms with E-state index in [9.17, 15) is 18.0 Å². The second-order valence-corrected chi connectivity index (χ2v) is 7.79. The number of amides is 1. The van der Waals surface area contributed by atoms with Gasteiger partial charge in [0.1, 0.15) is 12.7 Å². The zero-order valence-corrected chi connectivity index (χ0v) is 16.3. The number of aromatic nitrogens is 4. The Kier molecular flexibility index (Phi) is 6.10. The third-order valence-corrected chi connectivity index (χ3v) is 5.38. The summed E-state index contributed by atoms with van der Waals surface area (Å²) in [7, 11) is -3.77. The Hall–Kier alpha value is -3.44. The smallest absolute Gasteiger partial charge is 0.240 e. The normalized spacial score (nSPS) is 11.2. The van der Waals surface area contributed by atoms with Crippen molar-refractivity contribution in [2.75, 3.05) is 11.9 Å². The lowest BCUT2D eigenvalue weighted by Gasteiger charge is -2.08. The summed E-state index contributed by atoms with van der Waals surface area (Å²) in [6.45, 7) is 1.32. The van der Waals surface area contributed by atoms with Gasteiger partial charge in [0, 0.05) is 18.5 Å². The number of hydrogen-bond donors (Lipinski definition) is 2. The van der Waals surface area contributed by atoms with Gasteiger partial charge in [-0.2, -0.15) is 5.10 Å². The first-order valence-electron chi connectivity index (χ1n) is 8.57. The number of anilines is 1. The summed E-state index contributed by atoms with van der Waals surface area (Å²) in [6, 6.07) is 8.91. The van der Waals surface area contributed by atoms with Gasteiger partial charge < -0.3 is 5.32 Å². The number of pyridine rings is 1. The molecule has 0 aliphatic heterocycles. The van der Waals surface area contributed by atoms with Gasteiger partial charge in [0.25, 0.3) is 0 Å².